The average molecular weight is 410 g/mol. The second kappa shape index (κ2) is 8.61. The fraction of sp³-hybridized carbons (Fsp3) is 0.318. The van der Waals surface area contributed by atoms with Crippen LogP contribution in [0.2, 0.25) is 0 Å². The number of methoxy groups -OCH3 is 1. The van der Waals surface area contributed by atoms with Gasteiger partial charge in [0.05, 0.1) is 7.11 Å². The van der Waals surface area contributed by atoms with Gasteiger partial charge in [-0.2, -0.15) is 0 Å². The van der Waals surface area contributed by atoms with Crippen molar-refractivity contribution in [2.24, 2.45) is 0 Å². The third-order valence-electron chi connectivity index (χ3n) is 4.99. The number of hydrogen-bond donors (Lipinski definition) is 1. The molecule has 1 amide bonds. The van der Waals surface area contributed by atoms with Gasteiger partial charge in [-0.05, 0) is 80.1 Å². The zero-order valence-electron chi connectivity index (χ0n) is 16.5. The second-order valence-corrected chi connectivity index (χ2v) is 8.01. The Bertz CT molecular complexity index is 1000. The number of rotatable bonds is 6. The van der Waals surface area contributed by atoms with Crippen molar-refractivity contribution in [3.63, 3.8) is 0 Å². The molecule has 0 bridgehead atoms. The molecule has 6 nitrogen and oxygen atoms in total. The van der Waals surface area contributed by atoms with Gasteiger partial charge in [0.25, 0.3) is 5.91 Å². The number of carbonyl (C=O) groups excluding carboxylic acids is 1. The molecule has 1 unspecified atom stereocenters. The van der Waals surface area contributed by atoms with Crippen molar-refractivity contribution < 1.29 is 14.3 Å². The summed E-state index contributed by atoms with van der Waals surface area (Å²) in [4.78, 5) is 12.5. The zero-order valence-corrected chi connectivity index (χ0v) is 17.3. The van der Waals surface area contributed by atoms with Crippen LogP contribution in [-0.4, -0.2) is 29.3 Å². The monoisotopic (exact) mass is 409 g/mol. The van der Waals surface area contributed by atoms with Gasteiger partial charge in [-0.1, -0.05) is 17.4 Å². The molecule has 0 saturated carbocycles. The number of fused-ring (bicyclic) bond motifs is 1. The van der Waals surface area contributed by atoms with Gasteiger partial charge < -0.3 is 9.47 Å². The van der Waals surface area contributed by atoms with Crippen molar-refractivity contribution in [1.29, 1.82) is 0 Å². The first-order valence-electron chi connectivity index (χ1n) is 9.69. The van der Waals surface area contributed by atoms with Crippen molar-refractivity contribution in [2.75, 3.05) is 12.4 Å². The molecule has 0 spiro atoms. The van der Waals surface area contributed by atoms with Crippen molar-refractivity contribution >= 4 is 22.4 Å². The van der Waals surface area contributed by atoms with Crippen LogP contribution in [0.4, 0.5) is 5.13 Å². The van der Waals surface area contributed by atoms with E-state index in [-0.39, 0.29) is 5.91 Å². The van der Waals surface area contributed by atoms with Crippen LogP contribution in [0.3, 0.4) is 0 Å². The van der Waals surface area contributed by atoms with Crippen LogP contribution in [-0.2, 0) is 17.6 Å². The van der Waals surface area contributed by atoms with Crippen LogP contribution in [0.5, 0.6) is 11.5 Å². The summed E-state index contributed by atoms with van der Waals surface area (Å²) < 4.78 is 11.0. The molecule has 1 atom stereocenters. The Morgan fingerprint density at radius 1 is 1.03 bits per heavy atom. The summed E-state index contributed by atoms with van der Waals surface area (Å²) in [6, 6.07) is 13.7. The van der Waals surface area contributed by atoms with Crippen LogP contribution >= 0.6 is 11.3 Å². The Labute approximate surface area is 173 Å². The topological polar surface area (TPSA) is 73.3 Å². The van der Waals surface area contributed by atoms with Gasteiger partial charge >= 0.3 is 0 Å². The fourth-order valence-corrected chi connectivity index (χ4v) is 4.12. The Kier molecular flexibility index (Phi) is 5.76. The largest absolute Gasteiger partial charge is 0.497 e. The molecular formula is C22H23N3O3S. The first-order chi connectivity index (χ1) is 14.1. The maximum absolute atomic E-state index is 12.5. The molecule has 150 valence electrons. The lowest BCUT2D eigenvalue weighted by molar-refractivity contribution is -0.122. The molecule has 1 aromatic heterocycles. The highest BCUT2D eigenvalue weighted by atomic mass is 32.1. The van der Waals surface area contributed by atoms with E-state index in [1.54, 1.807) is 14.0 Å². The van der Waals surface area contributed by atoms with Gasteiger partial charge in [-0.3, -0.25) is 10.1 Å². The molecule has 1 N–H and O–H groups in total. The average Bonchev–Trinajstić information content (AvgIpc) is 3.22. The Morgan fingerprint density at radius 3 is 2.52 bits per heavy atom. The minimum Gasteiger partial charge on any atom is -0.497 e. The lowest BCUT2D eigenvalue weighted by atomic mass is 9.92. The van der Waals surface area contributed by atoms with Gasteiger partial charge in [-0.15, -0.1) is 10.2 Å². The number of ether oxygens (including phenoxy) is 2. The Balaban J connectivity index is 1.38. The van der Waals surface area contributed by atoms with Gasteiger partial charge in [0.2, 0.25) is 5.13 Å². The zero-order chi connectivity index (χ0) is 20.2. The number of anilines is 1. The summed E-state index contributed by atoms with van der Waals surface area (Å²) in [7, 11) is 1.63. The van der Waals surface area contributed by atoms with Crippen LogP contribution < -0.4 is 14.8 Å². The van der Waals surface area contributed by atoms with E-state index < -0.39 is 6.10 Å². The second-order valence-electron chi connectivity index (χ2n) is 7.03. The molecule has 0 aliphatic heterocycles. The quantitative estimate of drug-likeness (QED) is 0.649. The number of hydrogen-bond acceptors (Lipinski definition) is 6. The van der Waals surface area contributed by atoms with Gasteiger partial charge in [0, 0.05) is 5.56 Å². The van der Waals surface area contributed by atoms with E-state index in [1.807, 2.05) is 30.3 Å². The molecule has 2 aromatic carbocycles. The molecule has 0 saturated heterocycles. The molecule has 29 heavy (non-hydrogen) atoms. The predicted molar refractivity (Wildman–Crippen MR) is 114 cm³/mol. The number of aryl methyl sites for hydroxylation is 2. The number of nitrogens with one attached hydrogen (secondary N) is 1. The van der Waals surface area contributed by atoms with E-state index in [9.17, 15) is 4.79 Å². The van der Waals surface area contributed by atoms with Crippen molar-refractivity contribution in [2.45, 2.75) is 38.7 Å². The molecular weight excluding hydrogens is 386 g/mol. The van der Waals surface area contributed by atoms with E-state index in [2.05, 4.69) is 27.6 Å². The summed E-state index contributed by atoms with van der Waals surface area (Å²) in [5.74, 6) is 1.25. The van der Waals surface area contributed by atoms with Crippen LogP contribution in [0.15, 0.2) is 42.5 Å². The van der Waals surface area contributed by atoms with Crippen LogP contribution in [0.25, 0.3) is 10.6 Å². The third-order valence-corrected chi connectivity index (χ3v) is 5.88. The number of benzene rings is 2. The summed E-state index contributed by atoms with van der Waals surface area (Å²) in [6.07, 6.45) is 4.02. The van der Waals surface area contributed by atoms with Crippen molar-refractivity contribution in [1.82, 2.24) is 10.2 Å². The third kappa shape index (κ3) is 4.56. The maximum atomic E-state index is 12.5. The minimum absolute atomic E-state index is 0.250. The fourth-order valence-electron chi connectivity index (χ4n) is 3.37. The highest BCUT2D eigenvalue weighted by molar-refractivity contribution is 7.18. The molecule has 1 heterocycles. The smallest absolute Gasteiger partial charge is 0.266 e. The molecule has 4 rings (SSSR count). The summed E-state index contributed by atoms with van der Waals surface area (Å²) in [5.41, 5.74) is 3.64. The van der Waals surface area contributed by atoms with E-state index in [0.717, 1.165) is 34.9 Å². The van der Waals surface area contributed by atoms with E-state index >= 15 is 0 Å². The molecule has 0 radical (unpaired) electrons. The van der Waals surface area contributed by atoms with Crippen molar-refractivity contribution in [3.8, 4) is 22.1 Å². The Hall–Kier alpha value is -2.93. The molecule has 7 heteroatoms. The van der Waals surface area contributed by atoms with Crippen LogP contribution in [0.1, 0.15) is 30.9 Å². The first kappa shape index (κ1) is 19.4. The lowest BCUT2D eigenvalue weighted by Crippen LogP contribution is -2.30. The summed E-state index contributed by atoms with van der Waals surface area (Å²) in [6.45, 7) is 1.74. The predicted octanol–water partition coefficient (Wildman–Crippen LogP) is 4.50. The maximum Gasteiger partial charge on any atom is 0.266 e. The standard InChI is InChI=1S/C22H23N3O3S/c1-14(28-19-12-7-15-5-3-4-6-17(15)13-19)20(26)23-22-25-24-21(29-22)16-8-10-18(27-2)11-9-16/h7-14H,3-6H2,1-2H3,(H,23,25,26). The number of carbonyl (C=O) groups is 1. The van der Waals surface area contributed by atoms with E-state index in [0.29, 0.717) is 5.13 Å². The summed E-state index contributed by atoms with van der Waals surface area (Å²) in [5, 5.41) is 12.2. The Morgan fingerprint density at radius 2 is 1.76 bits per heavy atom. The van der Waals surface area contributed by atoms with E-state index in [4.69, 9.17) is 9.47 Å². The van der Waals surface area contributed by atoms with Crippen LogP contribution in [0, 0.1) is 0 Å². The number of nitrogens with zero attached hydrogens (tertiary/aromatic N) is 2. The SMILES string of the molecule is COc1ccc(-c2nnc(NC(=O)C(C)Oc3ccc4c(c3)CCCC4)s2)cc1. The minimum atomic E-state index is -0.634. The van der Waals surface area contributed by atoms with Crippen molar-refractivity contribution in [3.05, 3.63) is 53.6 Å². The number of aromatic nitrogens is 2. The molecule has 0 fully saturated rings. The van der Waals surface area contributed by atoms with E-state index in [1.165, 1.54) is 35.3 Å². The van der Waals surface area contributed by atoms with Gasteiger partial charge in [0.15, 0.2) is 6.10 Å². The van der Waals surface area contributed by atoms with Gasteiger partial charge in [-0.25, -0.2) is 0 Å². The lowest BCUT2D eigenvalue weighted by Gasteiger charge is -2.18. The highest BCUT2D eigenvalue weighted by Gasteiger charge is 2.18. The number of amides is 1. The molecule has 3 aromatic rings. The first-order valence-corrected chi connectivity index (χ1v) is 10.5. The normalized spacial score (nSPS) is 14.0. The van der Waals surface area contributed by atoms with Gasteiger partial charge in [0.1, 0.15) is 16.5 Å². The highest BCUT2D eigenvalue weighted by Crippen LogP contribution is 2.28. The molecule has 1 aliphatic rings. The summed E-state index contributed by atoms with van der Waals surface area (Å²) >= 11 is 1.32. The molecule has 1 aliphatic carbocycles.